The first kappa shape index (κ1) is 15.1. The molecule has 0 aromatic rings. The second-order valence-corrected chi connectivity index (χ2v) is 5.88. The number of hydrogen-bond acceptors (Lipinski definition) is 3. The van der Waals surface area contributed by atoms with Gasteiger partial charge in [0.1, 0.15) is 6.04 Å². The van der Waals surface area contributed by atoms with Crippen LogP contribution in [0.15, 0.2) is 0 Å². The lowest BCUT2D eigenvalue weighted by molar-refractivity contribution is -0.144. The lowest BCUT2D eigenvalue weighted by Crippen LogP contribution is -2.55. The Morgan fingerprint density at radius 3 is 2.60 bits per heavy atom. The number of hydrogen-bond donors (Lipinski definition) is 1. The zero-order chi connectivity index (χ0) is 14.7. The minimum absolute atomic E-state index is 0.135. The molecule has 114 valence electrons. The van der Waals surface area contributed by atoms with Crippen molar-refractivity contribution in [3.05, 3.63) is 0 Å². The average Bonchev–Trinajstić information content (AvgIpc) is 3.23. The molecular formula is C14H24N2O4. The molecule has 0 radical (unpaired) electrons. The summed E-state index contributed by atoms with van der Waals surface area (Å²) in [5.41, 5.74) is 0. The van der Waals surface area contributed by atoms with Gasteiger partial charge < -0.3 is 19.6 Å². The molecule has 1 saturated heterocycles. The second kappa shape index (κ2) is 6.43. The monoisotopic (exact) mass is 284 g/mol. The number of piperidine rings is 1. The van der Waals surface area contributed by atoms with Crippen LogP contribution in [0, 0.1) is 5.92 Å². The summed E-state index contributed by atoms with van der Waals surface area (Å²) in [6.07, 6.45) is 3.44. The molecule has 2 amide bonds. The lowest BCUT2D eigenvalue weighted by atomic mass is 9.92. The molecule has 0 aromatic heterocycles. The van der Waals surface area contributed by atoms with Gasteiger partial charge in [0.25, 0.3) is 0 Å². The molecule has 1 saturated carbocycles. The normalized spacial score (nSPS) is 26.4. The van der Waals surface area contributed by atoms with Crippen molar-refractivity contribution in [1.29, 1.82) is 0 Å². The molecule has 1 N–H and O–H groups in total. The van der Waals surface area contributed by atoms with E-state index < -0.39 is 12.0 Å². The fourth-order valence-corrected chi connectivity index (χ4v) is 2.78. The van der Waals surface area contributed by atoms with Gasteiger partial charge in [-0.15, -0.1) is 0 Å². The average molecular weight is 284 g/mol. The summed E-state index contributed by atoms with van der Waals surface area (Å²) >= 11 is 0. The lowest BCUT2D eigenvalue weighted by Gasteiger charge is -2.39. The molecule has 0 spiro atoms. The van der Waals surface area contributed by atoms with E-state index in [4.69, 9.17) is 4.74 Å². The number of carbonyl (C=O) groups is 2. The van der Waals surface area contributed by atoms with Crippen LogP contribution in [-0.2, 0) is 9.53 Å². The summed E-state index contributed by atoms with van der Waals surface area (Å²) in [7, 11) is 1.61. The fourth-order valence-electron chi connectivity index (χ4n) is 2.78. The predicted molar refractivity (Wildman–Crippen MR) is 73.5 cm³/mol. The second-order valence-electron chi connectivity index (χ2n) is 5.88. The summed E-state index contributed by atoms with van der Waals surface area (Å²) in [6, 6.07) is -0.551. The van der Waals surface area contributed by atoms with Gasteiger partial charge in [0, 0.05) is 26.2 Å². The fraction of sp³-hybridized carbons (Fsp3) is 0.857. The van der Waals surface area contributed by atoms with Crippen LogP contribution in [-0.4, -0.2) is 65.8 Å². The first-order chi connectivity index (χ1) is 9.54. The number of carboxylic acids is 1. The van der Waals surface area contributed by atoms with E-state index in [0.717, 1.165) is 19.3 Å². The van der Waals surface area contributed by atoms with E-state index in [1.54, 1.807) is 12.0 Å². The number of likely N-dealkylation sites (tertiary alicyclic amines) is 1. The molecule has 0 aromatic carbocycles. The molecule has 1 aliphatic carbocycles. The SMILES string of the molecule is COCCN(C(=O)N1CCC(C)CC1C(=O)O)C1CC1. The largest absolute Gasteiger partial charge is 0.480 e. The molecule has 2 aliphatic rings. The van der Waals surface area contributed by atoms with E-state index >= 15 is 0 Å². The van der Waals surface area contributed by atoms with Crippen LogP contribution in [0.1, 0.15) is 32.6 Å². The highest BCUT2D eigenvalue weighted by molar-refractivity contribution is 5.83. The molecule has 1 heterocycles. The van der Waals surface area contributed by atoms with Gasteiger partial charge >= 0.3 is 12.0 Å². The summed E-state index contributed by atoms with van der Waals surface area (Å²) in [5.74, 6) is -0.541. The van der Waals surface area contributed by atoms with Crippen molar-refractivity contribution in [3.63, 3.8) is 0 Å². The molecule has 0 bridgehead atoms. The van der Waals surface area contributed by atoms with E-state index in [2.05, 4.69) is 0 Å². The van der Waals surface area contributed by atoms with Crippen LogP contribution in [0.5, 0.6) is 0 Å². The molecule has 2 fully saturated rings. The van der Waals surface area contributed by atoms with Gasteiger partial charge in [0.05, 0.1) is 6.61 Å². The van der Waals surface area contributed by atoms with E-state index in [1.165, 1.54) is 4.90 Å². The molecule has 1 aliphatic heterocycles. The number of ether oxygens (including phenoxy) is 1. The molecule has 6 nitrogen and oxygen atoms in total. The van der Waals surface area contributed by atoms with E-state index in [9.17, 15) is 14.7 Å². The molecule has 2 rings (SSSR count). The quantitative estimate of drug-likeness (QED) is 0.828. The Labute approximate surface area is 119 Å². The van der Waals surface area contributed by atoms with Gasteiger partial charge in [-0.25, -0.2) is 9.59 Å². The number of methoxy groups -OCH3 is 1. The maximum atomic E-state index is 12.6. The minimum atomic E-state index is -0.896. The standard InChI is InChI=1S/C14H24N2O4/c1-10-5-6-16(12(9-10)13(17)18)14(19)15(7-8-20-2)11-3-4-11/h10-12H,3-9H2,1-2H3,(H,17,18). The molecule has 2 unspecified atom stereocenters. The van der Waals surface area contributed by atoms with Crippen molar-refractivity contribution in [3.8, 4) is 0 Å². The minimum Gasteiger partial charge on any atom is -0.480 e. The maximum Gasteiger partial charge on any atom is 0.326 e. The van der Waals surface area contributed by atoms with Crippen LogP contribution in [0.3, 0.4) is 0 Å². The Balaban J connectivity index is 2.05. The number of rotatable bonds is 5. The summed E-state index contributed by atoms with van der Waals surface area (Å²) in [4.78, 5) is 27.4. The highest BCUT2D eigenvalue weighted by Crippen LogP contribution is 2.30. The molecule has 2 atom stereocenters. The predicted octanol–water partition coefficient (Wildman–Crippen LogP) is 1.40. The number of carbonyl (C=O) groups excluding carboxylic acids is 1. The molecule has 20 heavy (non-hydrogen) atoms. The van der Waals surface area contributed by atoms with Crippen LogP contribution >= 0.6 is 0 Å². The van der Waals surface area contributed by atoms with E-state index in [1.807, 2.05) is 6.92 Å². The molecular weight excluding hydrogens is 260 g/mol. The summed E-state index contributed by atoms with van der Waals surface area (Å²) in [5, 5.41) is 9.35. The molecule has 6 heteroatoms. The van der Waals surface area contributed by atoms with Crippen LogP contribution in [0.4, 0.5) is 4.79 Å². The van der Waals surface area contributed by atoms with Gasteiger partial charge in [-0.1, -0.05) is 6.92 Å². The van der Waals surface area contributed by atoms with Gasteiger partial charge in [0.15, 0.2) is 0 Å². The Bertz CT molecular complexity index is 370. The van der Waals surface area contributed by atoms with Gasteiger partial charge in [-0.2, -0.15) is 0 Å². The Morgan fingerprint density at radius 1 is 1.35 bits per heavy atom. The third kappa shape index (κ3) is 3.42. The number of amides is 2. The maximum absolute atomic E-state index is 12.6. The van der Waals surface area contributed by atoms with Crippen molar-refractivity contribution in [2.45, 2.75) is 44.7 Å². The number of nitrogens with zero attached hydrogens (tertiary/aromatic N) is 2. The van der Waals surface area contributed by atoms with Crippen molar-refractivity contribution in [2.75, 3.05) is 26.8 Å². The summed E-state index contributed by atoms with van der Waals surface area (Å²) in [6.45, 7) is 3.61. The van der Waals surface area contributed by atoms with Gasteiger partial charge in [0.2, 0.25) is 0 Å². The zero-order valence-electron chi connectivity index (χ0n) is 12.2. The first-order valence-electron chi connectivity index (χ1n) is 7.33. The smallest absolute Gasteiger partial charge is 0.326 e. The number of carboxylic acid groups (broad SMARTS) is 1. The Kier molecular flexibility index (Phi) is 4.86. The third-order valence-electron chi connectivity index (χ3n) is 4.17. The summed E-state index contributed by atoms with van der Waals surface area (Å²) < 4.78 is 5.05. The third-order valence-corrected chi connectivity index (χ3v) is 4.17. The first-order valence-corrected chi connectivity index (χ1v) is 7.33. The van der Waals surface area contributed by atoms with Crippen molar-refractivity contribution in [1.82, 2.24) is 9.80 Å². The number of aliphatic carboxylic acids is 1. The highest BCUT2D eigenvalue weighted by atomic mass is 16.5. The van der Waals surface area contributed by atoms with Crippen LogP contribution < -0.4 is 0 Å². The Morgan fingerprint density at radius 2 is 2.05 bits per heavy atom. The van der Waals surface area contributed by atoms with Crippen LogP contribution in [0.2, 0.25) is 0 Å². The van der Waals surface area contributed by atoms with Crippen molar-refractivity contribution < 1.29 is 19.4 Å². The zero-order valence-corrected chi connectivity index (χ0v) is 12.2. The van der Waals surface area contributed by atoms with E-state index in [0.29, 0.717) is 32.0 Å². The Hall–Kier alpha value is -1.30. The van der Waals surface area contributed by atoms with Crippen molar-refractivity contribution >= 4 is 12.0 Å². The van der Waals surface area contributed by atoms with E-state index in [-0.39, 0.29) is 12.1 Å². The van der Waals surface area contributed by atoms with Crippen molar-refractivity contribution in [2.24, 2.45) is 5.92 Å². The van der Waals surface area contributed by atoms with Gasteiger partial charge in [-0.05, 0) is 31.6 Å². The number of urea groups is 1. The topological polar surface area (TPSA) is 70.1 Å². The highest BCUT2D eigenvalue weighted by Gasteiger charge is 2.40. The van der Waals surface area contributed by atoms with Gasteiger partial charge in [-0.3, -0.25) is 0 Å². The van der Waals surface area contributed by atoms with Crippen LogP contribution in [0.25, 0.3) is 0 Å².